The van der Waals surface area contributed by atoms with Gasteiger partial charge in [0.25, 0.3) is 5.91 Å². The van der Waals surface area contributed by atoms with Crippen molar-refractivity contribution in [3.8, 4) is 0 Å². The van der Waals surface area contributed by atoms with E-state index in [1.165, 1.54) is 5.56 Å². The number of fused-ring (bicyclic) bond motifs is 1. The van der Waals surface area contributed by atoms with Crippen molar-refractivity contribution in [2.45, 2.75) is 6.42 Å². The van der Waals surface area contributed by atoms with E-state index in [4.69, 9.17) is 11.6 Å². The van der Waals surface area contributed by atoms with Crippen molar-refractivity contribution in [3.05, 3.63) is 52.7 Å². The topological polar surface area (TPSA) is 54.0 Å². The number of hydrogen-bond acceptors (Lipinski definition) is 3. The summed E-state index contributed by atoms with van der Waals surface area (Å²) < 4.78 is 0. The molecule has 1 aromatic carbocycles. The average molecular weight is 274 g/mol. The Labute approximate surface area is 115 Å². The van der Waals surface area contributed by atoms with Crippen molar-refractivity contribution in [2.75, 3.05) is 17.2 Å². The predicted octanol–water partition coefficient (Wildman–Crippen LogP) is 2.96. The largest absolute Gasteiger partial charge is 0.384 e. The lowest BCUT2D eigenvalue weighted by Gasteiger charge is -2.06. The van der Waals surface area contributed by atoms with Crippen LogP contribution in [0.4, 0.5) is 11.5 Å². The molecule has 0 fully saturated rings. The van der Waals surface area contributed by atoms with Gasteiger partial charge in [0.2, 0.25) is 0 Å². The number of halogens is 1. The van der Waals surface area contributed by atoms with Crippen LogP contribution in [0, 0.1) is 0 Å². The Morgan fingerprint density at radius 3 is 3.05 bits per heavy atom. The second kappa shape index (κ2) is 4.90. The summed E-state index contributed by atoms with van der Waals surface area (Å²) in [6.45, 7) is 0.927. The normalized spacial score (nSPS) is 12.7. The van der Waals surface area contributed by atoms with Gasteiger partial charge in [-0.2, -0.15) is 0 Å². The third-order valence-corrected chi connectivity index (χ3v) is 3.28. The second-order valence-corrected chi connectivity index (χ2v) is 4.80. The zero-order valence-corrected chi connectivity index (χ0v) is 10.9. The molecule has 0 aliphatic carbocycles. The minimum Gasteiger partial charge on any atom is -0.384 e. The number of aromatic nitrogens is 1. The van der Waals surface area contributed by atoms with E-state index in [0.717, 1.165) is 18.7 Å². The fourth-order valence-electron chi connectivity index (χ4n) is 2.11. The molecule has 2 heterocycles. The summed E-state index contributed by atoms with van der Waals surface area (Å²) in [6, 6.07) is 8.93. The van der Waals surface area contributed by atoms with Crippen LogP contribution < -0.4 is 10.6 Å². The van der Waals surface area contributed by atoms with E-state index < -0.39 is 0 Å². The first-order valence-electron chi connectivity index (χ1n) is 6.02. The van der Waals surface area contributed by atoms with Crippen LogP contribution in [0.15, 0.2) is 36.5 Å². The molecule has 0 saturated carbocycles. The van der Waals surface area contributed by atoms with Crippen LogP contribution in [0.1, 0.15) is 15.9 Å². The number of carbonyl (C=O) groups excluding carboxylic acids is 1. The highest BCUT2D eigenvalue weighted by Crippen LogP contribution is 2.23. The summed E-state index contributed by atoms with van der Waals surface area (Å²) in [5.41, 5.74) is 2.91. The first-order chi connectivity index (χ1) is 9.22. The first-order valence-corrected chi connectivity index (χ1v) is 6.40. The summed E-state index contributed by atoms with van der Waals surface area (Å²) >= 11 is 5.85. The summed E-state index contributed by atoms with van der Waals surface area (Å²) in [4.78, 5) is 16.2. The Hall–Kier alpha value is -2.07. The molecule has 1 aromatic heterocycles. The van der Waals surface area contributed by atoms with Gasteiger partial charge in [-0.15, -0.1) is 0 Å². The summed E-state index contributed by atoms with van der Waals surface area (Å²) in [7, 11) is 0. The molecule has 96 valence electrons. The van der Waals surface area contributed by atoms with Gasteiger partial charge in [-0.1, -0.05) is 11.6 Å². The van der Waals surface area contributed by atoms with Crippen LogP contribution in [0.5, 0.6) is 0 Å². The molecule has 19 heavy (non-hydrogen) atoms. The Morgan fingerprint density at radius 1 is 1.32 bits per heavy atom. The zero-order valence-electron chi connectivity index (χ0n) is 10.1. The molecule has 4 nitrogen and oxygen atoms in total. The van der Waals surface area contributed by atoms with E-state index in [1.54, 1.807) is 24.4 Å². The van der Waals surface area contributed by atoms with Crippen LogP contribution in [0.25, 0.3) is 0 Å². The Kier molecular flexibility index (Phi) is 3.09. The molecule has 0 bridgehead atoms. The highest BCUT2D eigenvalue weighted by atomic mass is 35.5. The molecule has 2 aromatic rings. The van der Waals surface area contributed by atoms with Crippen LogP contribution in [0.2, 0.25) is 5.02 Å². The van der Waals surface area contributed by atoms with E-state index in [0.29, 0.717) is 16.4 Å². The lowest BCUT2D eigenvalue weighted by molar-refractivity contribution is 0.102. The van der Waals surface area contributed by atoms with Crippen molar-refractivity contribution in [3.63, 3.8) is 0 Å². The molecule has 0 radical (unpaired) electrons. The number of anilines is 2. The SMILES string of the molecule is O=C(Nc1cc(Cl)ccn1)c1ccc2c(c1)CCN2. The molecular weight excluding hydrogens is 262 g/mol. The lowest BCUT2D eigenvalue weighted by Crippen LogP contribution is -2.13. The molecule has 1 aliphatic rings. The average Bonchev–Trinajstić information content (AvgIpc) is 2.85. The number of carbonyl (C=O) groups is 1. The van der Waals surface area contributed by atoms with Gasteiger partial charge in [-0.25, -0.2) is 4.98 Å². The maximum atomic E-state index is 12.1. The second-order valence-electron chi connectivity index (χ2n) is 4.36. The minimum absolute atomic E-state index is 0.176. The van der Waals surface area contributed by atoms with Gasteiger partial charge in [-0.3, -0.25) is 4.79 Å². The van der Waals surface area contributed by atoms with Gasteiger partial charge in [0.05, 0.1) is 0 Å². The number of pyridine rings is 1. The monoisotopic (exact) mass is 273 g/mol. The molecule has 5 heteroatoms. The Balaban J connectivity index is 1.81. The van der Waals surface area contributed by atoms with Crippen molar-refractivity contribution in [2.24, 2.45) is 0 Å². The fourth-order valence-corrected chi connectivity index (χ4v) is 2.27. The van der Waals surface area contributed by atoms with Gasteiger partial charge < -0.3 is 10.6 Å². The number of nitrogens with zero attached hydrogens (tertiary/aromatic N) is 1. The van der Waals surface area contributed by atoms with E-state index in [-0.39, 0.29) is 5.91 Å². The van der Waals surface area contributed by atoms with Crippen LogP contribution >= 0.6 is 11.6 Å². The van der Waals surface area contributed by atoms with Crippen molar-refractivity contribution < 1.29 is 4.79 Å². The molecule has 0 saturated heterocycles. The maximum absolute atomic E-state index is 12.1. The predicted molar refractivity (Wildman–Crippen MR) is 75.8 cm³/mol. The van der Waals surface area contributed by atoms with Crippen molar-refractivity contribution >= 4 is 29.0 Å². The molecule has 1 amide bonds. The number of amides is 1. The quantitative estimate of drug-likeness (QED) is 0.884. The van der Waals surface area contributed by atoms with Crippen LogP contribution in [0.3, 0.4) is 0 Å². The van der Waals surface area contributed by atoms with Crippen molar-refractivity contribution in [1.29, 1.82) is 0 Å². The number of hydrogen-bond donors (Lipinski definition) is 2. The lowest BCUT2D eigenvalue weighted by atomic mass is 10.1. The Bertz CT molecular complexity index is 642. The minimum atomic E-state index is -0.176. The molecule has 1 aliphatic heterocycles. The third kappa shape index (κ3) is 2.53. The summed E-state index contributed by atoms with van der Waals surface area (Å²) in [5.74, 6) is 0.278. The van der Waals surface area contributed by atoms with Gasteiger partial charge in [0.15, 0.2) is 0 Å². The van der Waals surface area contributed by atoms with Crippen LogP contribution in [-0.4, -0.2) is 17.4 Å². The third-order valence-electron chi connectivity index (χ3n) is 3.04. The molecular formula is C14H12ClN3O. The summed E-state index contributed by atoms with van der Waals surface area (Å²) in [6.07, 6.45) is 2.51. The van der Waals surface area contributed by atoms with E-state index in [2.05, 4.69) is 15.6 Å². The Morgan fingerprint density at radius 2 is 2.21 bits per heavy atom. The maximum Gasteiger partial charge on any atom is 0.256 e. The molecule has 2 N–H and O–H groups in total. The highest BCUT2D eigenvalue weighted by molar-refractivity contribution is 6.30. The number of rotatable bonds is 2. The molecule has 0 spiro atoms. The van der Waals surface area contributed by atoms with E-state index in [1.807, 2.05) is 12.1 Å². The number of benzene rings is 1. The fraction of sp³-hybridized carbons (Fsp3) is 0.143. The van der Waals surface area contributed by atoms with Crippen molar-refractivity contribution in [1.82, 2.24) is 4.98 Å². The number of nitrogens with one attached hydrogen (secondary N) is 2. The molecule has 0 unspecified atom stereocenters. The smallest absolute Gasteiger partial charge is 0.256 e. The molecule has 0 atom stereocenters. The van der Waals surface area contributed by atoms with Gasteiger partial charge in [-0.05, 0) is 42.3 Å². The summed E-state index contributed by atoms with van der Waals surface area (Å²) in [5, 5.41) is 6.54. The molecule has 3 rings (SSSR count). The zero-order chi connectivity index (χ0) is 13.2. The standard InChI is InChI=1S/C14H12ClN3O/c15-11-4-6-17-13(8-11)18-14(19)10-1-2-12-9(7-10)3-5-16-12/h1-2,4,6-8,16H,3,5H2,(H,17,18,19). The van der Waals surface area contributed by atoms with Crippen LogP contribution in [-0.2, 0) is 6.42 Å². The van der Waals surface area contributed by atoms with Gasteiger partial charge in [0.1, 0.15) is 5.82 Å². The van der Waals surface area contributed by atoms with E-state index >= 15 is 0 Å². The van der Waals surface area contributed by atoms with Gasteiger partial charge in [0, 0.05) is 29.0 Å². The van der Waals surface area contributed by atoms with Gasteiger partial charge >= 0.3 is 0 Å². The highest BCUT2D eigenvalue weighted by Gasteiger charge is 2.13. The first kappa shape index (κ1) is 12.0. The van der Waals surface area contributed by atoms with E-state index in [9.17, 15) is 4.79 Å².